The topological polar surface area (TPSA) is 52.7 Å². The van der Waals surface area contributed by atoms with E-state index in [1.807, 2.05) is 24.3 Å². The van der Waals surface area contributed by atoms with Crippen LogP contribution in [0.2, 0.25) is 5.02 Å². The number of rotatable bonds is 8. The molecule has 0 saturated carbocycles. The largest absolute Gasteiger partial charge is 0.353 e. The molecule has 0 bridgehead atoms. The number of likely N-dealkylation sites (N-methyl/N-ethyl adjacent to an activating group) is 1. The quantitative estimate of drug-likeness (QED) is 0.764. The molecule has 1 heterocycles. The van der Waals surface area contributed by atoms with Crippen LogP contribution in [0.1, 0.15) is 25.5 Å². The van der Waals surface area contributed by atoms with Crippen LogP contribution >= 0.6 is 23.4 Å². The number of hydrogen-bond donors (Lipinski definition) is 1. The van der Waals surface area contributed by atoms with Crippen LogP contribution in [0.25, 0.3) is 0 Å². The number of halogens is 1. The van der Waals surface area contributed by atoms with Gasteiger partial charge in [-0.1, -0.05) is 43.6 Å². The number of nitrogens with zero attached hydrogens (tertiary/aromatic N) is 2. The lowest BCUT2D eigenvalue weighted by molar-refractivity contribution is -0.132. The van der Waals surface area contributed by atoms with Crippen LogP contribution < -0.4 is 5.32 Å². The number of nitrogens with one attached hydrogen (secondary N) is 1. The molecule has 132 valence electrons. The zero-order valence-corrected chi connectivity index (χ0v) is 15.7. The van der Waals surface area contributed by atoms with Crippen molar-refractivity contribution in [1.29, 1.82) is 0 Å². The molecular weight excluding hydrogens is 346 g/mol. The molecule has 1 aliphatic heterocycles. The molecule has 0 spiro atoms. The summed E-state index contributed by atoms with van der Waals surface area (Å²) in [4.78, 5) is 27.7. The first-order valence-corrected chi connectivity index (χ1v) is 9.70. The van der Waals surface area contributed by atoms with Crippen LogP contribution in [0.5, 0.6) is 0 Å². The van der Waals surface area contributed by atoms with E-state index < -0.39 is 0 Å². The maximum Gasteiger partial charge on any atom is 0.239 e. The lowest BCUT2D eigenvalue weighted by atomic mass is 10.0. The Morgan fingerprint density at radius 2 is 2.08 bits per heavy atom. The molecule has 1 N–H and O–H groups in total. The highest BCUT2D eigenvalue weighted by Gasteiger charge is 2.24. The molecular formula is C17H24ClN3O2S. The van der Waals surface area contributed by atoms with Crippen LogP contribution in [0, 0.1) is 0 Å². The van der Waals surface area contributed by atoms with Crippen molar-refractivity contribution in [3.63, 3.8) is 0 Å². The van der Waals surface area contributed by atoms with Crippen molar-refractivity contribution < 1.29 is 9.59 Å². The molecule has 0 aromatic heterocycles. The van der Waals surface area contributed by atoms with Crippen molar-refractivity contribution in [3.8, 4) is 0 Å². The molecule has 1 saturated heterocycles. The van der Waals surface area contributed by atoms with E-state index >= 15 is 0 Å². The Bertz CT molecular complexity index is 581. The predicted octanol–water partition coefficient (Wildman–Crippen LogP) is 2.37. The van der Waals surface area contributed by atoms with E-state index in [1.165, 1.54) is 11.8 Å². The van der Waals surface area contributed by atoms with Gasteiger partial charge in [-0.25, -0.2) is 0 Å². The van der Waals surface area contributed by atoms with Crippen LogP contribution in [-0.2, 0) is 9.59 Å². The molecule has 5 nitrogen and oxygen atoms in total. The van der Waals surface area contributed by atoms with E-state index in [4.69, 9.17) is 11.6 Å². The third kappa shape index (κ3) is 4.88. The fraction of sp³-hybridized carbons (Fsp3) is 0.529. The SMILES string of the molecule is CCN(CC)[C@H](CNC(=O)CN1CSCC1=O)c1ccccc1Cl. The van der Waals surface area contributed by atoms with Crippen LogP contribution in [0.15, 0.2) is 24.3 Å². The molecule has 1 aromatic carbocycles. The Morgan fingerprint density at radius 3 is 2.67 bits per heavy atom. The minimum atomic E-state index is -0.130. The van der Waals surface area contributed by atoms with Crippen molar-refractivity contribution in [1.82, 2.24) is 15.1 Å². The van der Waals surface area contributed by atoms with Gasteiger partial charge in [0, 0.05) is 11.6 Å². The Balaban J connectivity index is 2.01. The van der Waals surface area contributed by atoms with Crippen LogP contribution in [0.4, 0.5) is 0 Å². The summed E-state index contributed by atoms with van der Waals surface area (Å²) in [5, 5.41) is 3.67. The fourth-order valence-corrected chi connectivity index (χ4v) is 3.99. The summed E-state index contributed by atoms with van der Waals surface area (Å²) >= 11 is 7.89. The number of thioether (sulfide) groups is 1. The van der Waals surface area contributed by atoms with E-state index in [1.54, 1.807) is 4.90 Å². The van der Waals surface area contributed by atoms with Crippen molar-refractivity contribution in [3.05, 3.63) is 34.9 Å². The average Bonchev–Trinajstić information content (AvgIpc) is 2.97. The number of carbonyl (C=O) groups is 2. The molecule has 1 aliphatic rings. The van der Waals surface area contributed by atoms with Gasteiger partial charge in [-0.2, -0.15) is 0 Å². The molecule has 1 atom stereocenters. The second-order valence-corrected chi connectivity index (χ2v) is 6.99. The molecule has 1 fully saturated rings. The van der Waals surface area contributed by atoms with Gasteiger partial charge in [-0.05, 0) is 24.7 Å². The van der Waals surface area contributed by atoms with Gasteiger partial charge < -0.3 is 10.2 Å². The Hall–Kier alpha value is -1.24. The first kappa shape index (κ1) is 19.1. The number of amides is 2. The predicted molar refractivity (Wildman–Crippen MR) is 99.2 cm³/mol. The summed E-state index contributed by atoms with van der Waals surface area (Å²) in [5.74, 6) is 0.960. The van der Waals surface area contributed by atoms with Crippen molar-refractivity contribution in [2.75, 3.05) is 37.8 Å². The van der Waals surface area contributed by atoms with Gasteiger partial charge in [0.15, 0.2) is 0 Å². The van der Waals surface area contributed by atoms with Gasteiger partial charge in [0.1, 0.15) is 6.54 Å². The maximum atomic E-state index is 12.2. The number of benzene rings is 1. The lowest BCUT2D eigenvalue weighted by Crippen LogP contribution is -2.42. The van der Waals surface area contributed by atoms with E-state index in [0.717, 1.165) is 18.7 Å². The smallest absolute Gasteiger partial charge is 0.239 e. The number of hydrogen-bond acceptors (Lipinski definition) is 4. The Labute approximate surface area is 152 Å². The summed E-state index contributed by atoms with van der Waals surface area (Å²) in [6.45, 7) is 6.51. The zero-order chi connectivity index (χ0) is 17.5. The van der Waals surface area contributed by atoms with E-state index in [9.17, 15) is 9.59 Å². The normalized spacial score (nSPS) is 15.8. The third-order valence-electron chi connectivity index (χ3n) is 4.17. The highest BCUT2D eigenvalue weighted by molar-refractivity contribution is 8.00. The summed E-state index contributed by atoms with van der Waals surface area (Å²) < 4.78 is 0. The summed E-state index contributed by atoms with van der Waals surface area (Å²) in [7, 11) is 0. The number of carbonyl (C=O) groups excluding carboxylic acids is 2. The first-order valence-electron chi connectivity index (χ1n) is 8.17. The highest BCUT2D eigenvalue weighted by Crippen LogP contribution is 2.27. The standard InChI is InChI=1S/C17H24ClN3O2S/c1-3-20(4-2)15(13-7-5-6-8-14(13)18)9-19-16(22)10-21-12-24-11-17(21)23/h5-8,15H,3-4,9-12H2,1-2H3,(H,19,22)/t15-/m1/s1. The maximum absolute atomic E-state index is 12.2. The molecule has 0 aliphatic carbocycles. The van der Waals surface area contributed by atoms with Gasteiger partial charge in [-0.3, -0.25) is 14.5 Å². The molecule has 7 heteroatoms. The van der Waals surface area contributed by atoms with Crippen LogP contribution in [0.3, 0.4) is 0 Å². The second-order valence-electron chi connectivity index (χ2n) is 5.63. The summed E-state index contributed by atoms with van der Waals surface area (Å²) in [5.41, 5.74) is 1.01. The van der Waals surface area contributed by atoms with Gasteiger partial charge in [0.05, 0.1) is 17.7 Å². The highest BCUT2D eigenvalue weighted by atomic mass is 35.5. The van der Waals surface area contributed by atoms with Crippen LogP contribution in [-0.4, -0.2) is 59.4 Å². The minimum Gasteiger partial charge on any atom is -0.353 e. The Kier molecular flexibility index (Phi) is 7.40. The van der Waals surface area contributed by atoms with E-state index in [2.05, 4.69) is 24.1 Å². The first-order chi connectivity index (χ1) is 11.6. The van der Waals surface area contributed by atoms with E-state index in [0.29, 0.717) is 23.2 Å². The monoisotopic (exact) mass is 369 g/mol. The van der Waals surface area contributed by atoms with Gasteiger partial charge in [-0.15, -0.1) is 11.8 Å². The zero-order valence-electron chi connectivity index (χ0n) is 14.1. The third-order valence-corrected chi connectivity index (χ3v) is 5.46. The van der Waals surface area contributed by atoms with Gasteiger partial charge >= 0.3 is 0 Å². The van der Waals surface area contributed by atoms with Gasteiger partial charge in [0.2, 0.25) is 11.8 Å². The molecule has 24 heavy (non-hydrogen) atoms. The molecule has 2 amide bonds. The minimum absolute atomic E-state index is 0.0151. The van der Waals surface area contributed by atoms with Crippen molar-refractivity contribution in [2.24, 2.45) is 0 Å². The van der Waals surface area contributed by atoms with Crippen molar-refractivity contribution in [2.45, 2.75) is 19.9 Å². The molecule has 0 unspecified atom stereocenters. The Morgan fingerprint density at radius 1 is 1.38 bits per heavy atom. The average molecular weight is 370 g/mol. The summed E-state index contributed by atoms with van der Waals surface area (Å²) in [6.07, 6.45) is 0. The molecule has 0 radical (unpaired) electrons. The van der Waals surface area contributed by atoms with E-state index in [-0.39, 0.29) is 24.4 Å². The molecule has 1 aromatic rings. The van der Waals surface area contributed by atoms with Crippen molar-refractivity contribution >= 4 is 35.2 Å². The molecule has 2 rings (SSSR count). The van der Waals surface area contributed by atoms with Gasteiger partial charge in [0.25, 0.3) is 0 Å². The second kappa shape index (κ2) is 9.30. The fourth-order valence-electron chi connectivity index (χ4n) is 2.83. The summed E-state index contributed by atoms with van der Waals surface area (Å²) in [6, 6.07) is 7.74. The lowest BCUT2D eigenvalue weighted by Gasteiger charge is -2.31.